The molecule has 2 N–H and O–H groups in total. The molecule has 2 heterocycles. The maximum atomic E-state index is 13.4. The highest BCUT2D eigenvalue weighted by atomic mass is 32.2. The Hall–Kier alpha value is -2.46. The molecule has 28 heavy (non-hydrogen) atoms. The van der Waals surface area contributed by atoms with Gasteiger partial charge in [0.1, 0.15) is 22.3 Å². The minimum Gasteiger partial charge on any atom is -0.495 e. The van der Waals surface area contributed by atoms with Gasteiger partial charge < -0.3 is 15.0 Å². The number of aromatic nitrogens is 2. The van der Waals surface area contributed by atoms with Crippen LogP contribution in [0.2, 0.25) is 0 Å². The number of rotatable bonds is 8. The maximum Gasteiger partial charge on any atom is 0.244 e. The largest absolute Gasteiger partial charge is 0.495 e. The van der Waals surface area contributed by atoms with Crippen LogP contribution in [0, 0.1) is 12.7 Å². The highest BCUT2D eigenvalue weighted by molar-refractivity contribution is 7.89. The summed E-state index contributed by atoms with van der Waals surface area (Å²) >= 11 is 0. The molecule has 1 saturated heterocycles. The first-order valence-corrected chi connectivity index (χ1v) is 10.5. The average molecular weight is 409 g/mol. The van der Waals surface area contributed by atoms with Gasteiger partial charge in [0.05, 0.1) is 7.11 Å². The second-order valence-corrected chi connectivity index (χ2v) is 8.24. The minimum absolute atomic E-state index is 0.0817. The number of nitrogens with one attached hydrogen (secondary N) is 2. The van der Waals surface area contributed by atoms with E-state index in [2.05, 4.69) is 24.9 Å². The van der Waals surface area contributed by atoms with Gasteiger partial charge in [-0.15, -0.1) is 0 Å². The van der Waals surface area contributed by atoms with Crippen molar-refractivity contribution in [1.29, 1.82) is 0 Å². The van der Waals surface area contributed by atoms with E-state index in [1.165, 1.54) is 13.2 Å². The van der Waals surface area contributed by atoms with Gasteiger partial charge in [-0.3, -0.25) is 0 Å². The lowest BCUT2D eigenvalue weighted by Crippen LogP contribution is -2.29. The molecule has 0 aliphatic carbocycles. The summed E-state index contributed by atoms with van der Waals surface area (Å²) in [7, 11) is -2.58. The lowest BCUT2D eigenvalue weighted by atomic mass is 10.3. The van der Waals surface area contributed by atoms with E-state index < -0.39 is 15.8 Å². The van der Waals surface area contributed by atoms with Crippen molar-refractivity contribution in [2.24, 2.45) is 0 Å². The monoisotopic (exact) mass is 409 g/mol. The Morgan fingerprint density at radius 3 is 2.64 bits per heavy atom. The van der Waals surface area contributed by atoms with Crippen molar-refractivity contribution in [3.05, 3.63) is 35.8 Å². The molecule has 152 valence electrons. The second kappa shape index (κ2) is 8.70. The number of hydrogen-bond acceptors (Lipinski definition) is 7. The van der Waals surface area contributed by atoms with Gasteiger partial charge in [-0.25, -0.2) is 22.5 Å². The van der Waals surface area contributed by atoms with Crippen LogP contribution in [-0.4, -0.2) is 51.7 Å². The number of sulfonamides is 1. The quantitative estimate of drug-likeness (QED) is 0.643. The molecule has 0 amide bonds. The third-order valence-corrected chi connectivity index (χ3v) is 5.87. The highest BCUT2D eigenvalue weighted by Gasteiger charge is 2.20. The maximum absolute atomic E-state index is 13.4. The van der Waals surface area contributed by atoms with Gasteiger partial charge >= 0.3 is 0 Å². The van der Waals surface area contributed by atoms with Crippen molar-refractivity contribution in [2.75, 3.05) is 43.5 Å². The van der Waals surface area contributed by atoms with E-state index in [9.17, 15) is 12.8 Å². The number of nitrogens with zero attached hydrogens (tertiary/aromatic N) is 3. The van der Waals surface area contributed by atoms with Gasteiger partial charge in [0.2, 0.25) is 16.0 Å². The van der Waals surface area contributed by atoms with Crippen molar-refractivity contribution < 1.29 is 17.5 Å². The zero-order valence-corrected chi connectivity index (χ0v) is 16.7. The number of benzene rings is 1. The zero-order chi connectivity index (χ0) is 20.1. The number of aryl methyl sites for hydroxylation is 1. The number of halogens is 1. The van der Waals surface area contributed by atoms with Gasteiger partial charge in [-0.2, -0.15) is 4.98 Å². The van der Waals surface area contributed by atoms with Crippen molar-refractivity contribution in [3.63, 3.8) is 0 Å². The van der Waals surface area contributed by atoms with Gasteiger partial charge in [-0.1, -0.05) is 0 Å². The Kier molecular flexibility index (Phi) is 6.30. The summed E-state index contributed by atoms with van der Waals surface area (Å²) in [5, 5.41) is 3.03. The molecule has 2 aromatic rings. The van der Waals surface area contributed by atoms with Crippen molar-refractivity contribution in [3.8, 4) is 5.75 Å². The number of hydrogen-bond donors (Lipinski definition) is 2. The van der Waals surface area contributed by atoms with E-state index in [1.807, 2.05) is 13.0 Å². The van der Waals surface area contributed by atoms with E-state index >= 15 is 0 Å². The van der Waals surface area contributed by atoms with Crippen LogP contribution >= 0.6 is 0 Å². The first kappa shape index (κ1) is 20.3. The summed E-state index contributed by atoms with van der Waals surface area (Å²) < 4.78 is 45.8. The van der Waals surface area contributed by atoms with Crippen LogP contribution in [0.5, 0.6) is 5.75 Å². The molecule has 0 unspecified atom stereocenters. The molecule has 0 atom stereocenters. The lowest BCUT2D eigenvalue weighted by molar-refractivity contribution is 0.400. The first-order chi connectivity index (χ1) is 13.4. The number of methoxy groups -OCH3 is 1. The molecule has 1 aliphatic heterocycles. The average Bonchev–Trinajstić information content (AvgIpc) is 3.20. The van der Waals surface area contributed by atoms with Crippen LogP contribution in [0.3, 0.4) is 0 Å². The summed E-state index contributed by atoms with van der Waals surface area (Å²) in [5.74, 6) is 0.753. The van der Waals surface area contributed by atoms with Crippen LogP contribution < -0.4 is 19.7 Å². The van der Waals surface area contributed by atoms with E-state index in [1.54, 1.807) is 0 Å². The van der Waals surface area contributed by atoms with E-state index in [0.717, 1.165) is 49.6 Å². The van der Waals surface area contributed by atoms with Crippen LogP contribution in [-0.2, 0) is 10.0 Å². The highest BCUT2D eigenvalue weighted by Crippen LogP contribution is 2.24. The van der Waals surface area contributed by atoms with Crippen molar-refractivity contribution in [1.82, 2.24) is 14.7 Å². The Morgan fingerprint density at radius 2 is 1.93 bits per heavy atom. The molecule has 8 nitrogen and oxygen atoms in total. The minimum atomic E-state index is -3.91. The Bertz CT molecular complexity index is 933. The van der Waals surface area contributed by atoms with Gasteiger partial charge in [0.25, 0.3) is 0 Å². The second-order valence-electron chi connectivity index (χ2n) is 6.51. The Morgan fingerprint density at radius 1 is 1.18 bits per heavy atom. The number of anilines is 2. The van der Waals surface area contributed by atoms with Crippen molar-refractivity contribution >= 4 is 21.8 Å². The molecular weight excluding hydrogens is 385 g/mol. The molecule has 0 spiro atoms. The topological polar surface area (TPSA) is 96.5 Å². The third kappa shape index (κ3) is 4.87. The fraction of sp³-hybridized carbons (Fsp3) is 0.444. The molecular formula is C18H24FN5O3S. The van der Waals surface area contributed by atoms with E-state index in [-0.39, 0.29) is 23.7 Å². The lowest BCUT2D eigenvalue weighted by Gasteiger charge is -2.17. The molecule has 0 bridgehead atoms. The molecule has 1 aliphatic rings. The molecule has 10 heteroatoms. The van der Waals surface area contributed by atoms with Crippen LogP contribution in [0.25, 0.3) is 0 Å². The number of ether oxygens (including phenoxy) is 1. The summed E-state index contributed by atoms with van der Waals surface area (Å²) in [6.45, 7) is 4.21. The standard InChI is InChI=1S/C18H24FN5O3S/c1-13-11-17(24-9-3-4-10-24)23-18(22-13)20-7-8-21-28(25,26)16-12-14(19)5-6-15(16)27-2/h5-6,11-12,21H,3-4,7-10H2,1-2H3,(H,20,22,23). The van der Waals surface area contributed by atoms with Crippen LogP contribution in [0.4, 0.5) is 16.2 Å². The SMILES string of the molecule is COc1ccc(F)cc1S(=O)(=O)NCCNc1nc(C)cc(N2CCCC2)n1. The predicted molar refractivity (Wildman–Crippen MR) is 105 cm³/mol. The van der Waals surface area contributed by atoms with E-state index in [4.69, 9.17) is 4.74 Å². The first-order valence-electron chi connectivity index (χ1n) is 9.07. The predicted octanol–water partition coefficient (Wildman–Crippen LogP) is 1.92. The molecule has 0 radical (unpaired) electrons. The van der Waals surface area contributed by atoms with Crippen LogP contribution in [0.15, 0.2) is 29.2 Å². The smallest absolute Gasteiger partial charge is 0.244 e. The summed E-state index contributed by atoms with van der Waals surface area (Å²) in [6, 6.07) is 5.30. The van der Waals surface area contributed by atoms with Crippen molar-refractivity contribution in [2.45, 2.75) is 24.7 Å². The van der Waals surface area contributed by atoms with Gasteiger partial charge in [0, 0.05) is 37.9 Å². The molecule has 3 rings (SSSR count). The normalized spacial score (nSPS) is 14.3. The summed E-state index contributed by atoms with van der Waals surface area (Å²) in [4.78, 5) is 10.8. The third-order valence-electron chi connectivity index (χ3n) is 4.39. The zero-order valence-electron chi connectivity index (χ0n) is 15.9. The Labute approximate surface area is 164 Å². The fourth-order valence-corrected chi connectivity index (χ4v) is 4.25. The molecule has 1 fully saturated rings. The van der Waals surface area contributed by atoms with Gasteiger partial charge in [0.15, 0.2) is 0 Å². The fourth-order valence-electron chi connectivity index (χ4n) is 3.04. The Balaban J connectivity index is 1.60. The van der Waals surface area contributed by atoms with Crippen LogP contribution in [0.1, 0.15) is 18.5 Å². The molecule has 1 aromatic carbocycles. The summed E-state index contributed by atoms with van der Waals surface area (Å²) in [6.07, 6.45) is 2.30. The van der Waals surface area contributed by atoms with E-state index in [0.29, 0.717) is 5.95 Å². The van der Waals surface area contributed by atoms with Gasteiger partial charge in [-0.05, 0) is 38.0 Å². The molecule has 0 saturated carbocycles. The summed E-state index contributed by atoms with van der Waals surface area (Å²) in [5.41, 5.74) is 0.837. The molecule has 1 aromatic heterocycles.